The average Bonchev–Trinajstić information content (AvgIpc) is 2.84. The van der Waals surface area contributed by atoms with Crippen molar-refractivity contribution in [3.63, 3.8) is 0 Å². The molecule has 2 aromatic carbocycles. The first-order valence-electron chi connectivity index (χ1n) is 12.0. The van der Waals surface area contributed by atoms with Gasteiger partial charge < -0.3 is 10.1 Å². The molecule has 3 rings (SSSR count). The van der Waals surface area contributed by atoms with Gasteiger partial charge in [0.05, 0.1) is 17.1 Å². The third-order valence-corrected chi connectivity index (χ3v) is 8.19. The predicted molar refractivity (Wildman–Crippen MR) is 132 cm³/mol. The first kappa shape index (κ1) is 25.2. The molecule has 2 aromatic rings. The third kappa shape index (κ3) is 6.81. The molecular formula is C26H36N2O4S. The minimum Gasteiger partial charge on any atom is -0.493 e. The van der Waals surface area contributed by atoms with Gasteiger partial charge in [-0.05, 0) is 55.7 Å². The van der Waals surface area contributed by atoms with Crippen LogP contribution in [0.4, 0.5) is 5.69 Å². The van der Waals surface area contributed by atoms with Crippen molar-refractivity contribution in [3.8, 4) is 5.75 Å². The second kappa shape index (κ2) is 12.2. The van der Waals surface area contributed by atoms with E-state index in [1.54, 1.807) is 49.5 Å². The number of carbonyl (C=O) groups excluding carboxylic acids is 1. The zero-order valence-electron chi connectivity index (χ0n) is 19.8. The van der Waals surface area contributed by atoms with E-state index in [0.717, 1.165) is 44.9 Å². The van der Waals surface area contributed by atoms with E-state index in [-0.39, 0.29) is 16.8 Å². The van der Waals surface area contributed by atoms with E-state index in [1.807, 2.05) is 6.07 Å². The van der Waals surface area contributed by atoms with Gasteiger partial charge in [0, 0.05) is 18.8 Å². The van der Waals surface area contributed by atoms with Crippen LogP contribution in [-0.4, -0.2) is 38.3 Å². The molecular weight excluding hydrogens is 436 g/mol. The summed E-state index contributed by atoms with van der Waals surface area (Å²) >= 11 is 0. The zero-order chi connectivity index (χ0) is 23.7. The van der Waals surface area contributed by atoms with Gasteiger partial charge >= 0.3 is 0 Å². The molecule has 1 aliphatic carbocycles. The molecule has 180 valence electrons. The van der Waals surface area contributed by atoms with Gasteiger partial charge in [-0.1, -0.05) is 57.6 Å². The molecule has 1 aliphatic rings. The van der Waals surface area contributed by atoms with Crippen molar-refractivity contribution in [2.45, 2.75) is 75.6 Å². The molecule has 1 fully saturated rings. The fourth-order valence-electron chi connectivity index (χ4n) is 4.21. The number of para-hydroxylation sites is 1. The molecule has 0 radical (unpaired) electrons. The van der Waals surface area contributed by atoms with Crippen molar-refractivity contribution in [2.75, 3.05) is 19.0 Å². The Hall–Kier alpha value is -2.38. The average molecular weight is 473 g/mol. The number of nitrogens with one attached hydrogen (secondary N) is 1. The molecule has 0 saturated heterocycles. The number of benzene rings is 2. The molecule has 0 aliphatic heterocycles. The lowest BCUT2D eigenvalue weighted by Crippen LogP contribution is -2.38. The predicted octanol–water partition coefficient (Wildman–Crippen LogP) is 5.85. The number of rotatable bonds is 11. The number of anilines is 1. The van der Waals surface area contributed by atoms with Gasteiger partial charge in [-0.3, -0.25) is 4.79 Å². The maximum absolute atomic E-state index is 13.0. The highest BCUT2D eigenvalue weighted by molar-refractivity contribution is 7.89. The molecule has 6 nitrogen and oxygen atoms in total. The van der Waals surface area contributed by atoms with E-state index in [1.165, 1.54) is 17.1 Å². The highest BCUT2D eigenvalue weighted by Crippen LogP contribution is 2.27. The van der Waals surface area contributed by atoms with E-state index in [2.05, 4.69) is 12.2 Å². The molecule has 0 atom stereocenters. The summed E-state index contributed by atoms with van der Waals surface area (Å²) in [5.41, 5.74) is 0.999. The van der Waals surface area contributed by atoms with Crippen molar-refractivity contribution in [1.29, 1.82) is 0 Å². The Morgan fingerprint density at radius 3 is 2.39 bits per heavy atom. The lowest BCUT2D eigenvalue weighted by atomic mass is 9.96. The zero-order valence-corrected chi connectivity index (χ0v) is 20.6. The smallest absolute Gasteiger partial charge is 0.259 e. The summed E-state index contributed by atoms with van der Waals surface area (Å²) in [5.74, 6) is 0.272. The van der Waals surface area contributed by atoms with E-state index < -0.39 is 10.0 Å². The second-order valence-electron chi connectivity index (χ2n) is 8.70. The Morgan fingerprint density at radius 1 is 1.00 bits per heavy atom. The summed E-state index contributed by atoms with van der Waals surface area (Å²) in [7, 11) is -1.89. The van der Waals surface area contributed by atoms with Gasteiger partial charge in [-0.2, -0.15) is 4.31 Å². The highest BCUT2D eigenvalue weighted by atomic mass is 32.2. The SMILES string of the molecule is CCCCCCOc1ccccc1C(=O)Nc1ccc(S(=O)(=O)N(C)C2CCCCC2)cc1. The standard InChI is InChI=1S/C26H36N2O4S/c1-3-4-5-11-20-32-25-15-10-9-14-24(25)26(29)27-21-16-18-23(19-17-21)33(30,31)28(2)22-12-7-6-8-13-22/h9-10,14-19,22H,3-8,11-13,20H2,1-2H3,(H,27,29). The number of carbonyl (C=O) groups is 1. The van der Waals surface area contributed by atoms with Gasteiger partial charge in [0.1, 0.15) is 5.75 Å². The summed E-state index contributed by atoms with van der Waals surface area (Å²) in [6.45, 7) is 2.74. The van der Waals surface area contributed by atoms with Gasteiger partial charge in [0.15, 0.2) is 0 Å². The van der Waals surface area contributed by atoms with Crippen molar-refractivity contribution < 1.29 is 17.9 Å². The summed E-state index contributed by atoms with van der Waals surface area (Å²) in [6, 6.07) is 13.6. The van der Waals surface area contributed by atoms with Crippen LogP contribution < -0.4 is 10.1 Å². The number of amides is 1. The Bertz CT molecular complexity index is 999. The third-order valence-electron chi connectivity index (χ3n) is 6.27. The number of ether oxygens (including phenoxy) is 1. The number of hydrogen-bond donors (Lipinski definition) is 1. The largest absolute Gasteiger partial charge is 0.493 e. The fraction of sp³-hybridized carbons (Fsp3) is 0.500. The topological polar surface area (TPSA) is 75.7 Å². The normalized spacial score (nSPS) is 14.9. The lowest BCUT2D eigenvalue weighted by Gasteiger charge is -2.30. The summed E-state index contributed by atoms with van der Waals surface area (Å²) < 4.78 is 33.4. The van der Waals surface area contributed by atoms with E-state index in [4.69, 9.17) is 4.74 Å². The number of unbranched alkanes of at least 4 members (excludes halogenated alkanes) is 3. The Morgan fingerprint density at radius 2 is 1.70 bits per heavy atom. The number of hydrogen-bond acceptors (Lipinski definition) is 4. The minimum atomic E-state index is -3.56. The van der Waals surface area contributed by atoms with Gasteiger partial charge in [0.25, 0.3) is 5.91 Å². The van der Waals surface area contributed by atoms with Crippen LogP contribution in [0.2, 0.25) is 0 Å². The van der Waals surface area contributed by atoms with Crippen LogP contribution in [0.15, 0.2) is 53.4 Å². The summed E-state index contributed by atoms with van der Waals surface area (Å²) in [6.07, 6.45) is 9.52. The van der Waals surface area contributed by atoms with Crippen LogP contribution in [0.3, 0.4) is 0 Å². The molecule has 0 spiro atoms. The Kier molecular flexibility index (Phi) is 9.32. The summed E-state index contributed by atoms with van der Waals surface area (Å²) in [5, 5.41) is 2.85. The van der Waals surface area contributed by atoms with Gasteiger partial charge in [-0.25, -0.2) is 8.42 Å². The summed E-state index contributed by atoms with van der Waals surface area (Å²) in [4.78, 5) is 13.1. The fourth-order valence-corrected chi connectivity index (χ4v) is 5.62. The maximum atomic E-state index is 13.0. The van der Waals surface area contributed by atoms with Gasteiger partial charge in [-0.15, -0.1) is 0 Å². The maximum Gasteiger partial charge on any atom is 0.259 e. The van der Waals surface area contributed by atoms with Crippen LogP contribution in [0.5, 0.6) is 5.75 Å². The van der Waals surface area contributed by atoms with Crippen LogP contribution in [0.1, 0.15) is 75.1 Å². The number of nitrogens with zero attached hydrogens (tertiary/aromatic N) is 1. The molecule has 1 amide bonds. The van der Waals surface area contributed by atoms with Crippen molar-refractivity contribution in [3.05, 3.63) is 54.1 Å². The van der Waals surface area contributed by atoms with Crippen molar-refractivity contribution >= 4 is 21.6 Å². The molecule has 1 saturated carbocycles. The van der Waals surface area contributed by atoms with Crippen molar-refractivity contribution in [2.24, 2.45) is 0 Å². The molecule has 0 heterocycles. The lowest BCUT2D eigenvalue weighted by molar-refractivity contribution is 0.102. The van der Waals surface area contributed by atoms with E-state index >= 15 is 0 Å². The first-order chi connectivity index (χ1) is 15.9. The van der Waals surface area contributed by atoms with Crippen LogP contribution >= 0.6 is 0 Å². The molecule has 0 bridgehead atoms. The monoisotopic (exact) mass is 472 g/mol. The second-order valence-corrected chi connectivity index (χ2v) is 10.7. The van der Waals surface area contributed by atoms with Crippen LogP contribution in [-0.2, 0) is 10.0 Å². The highest BCUT2D eigenvalue weighted by Gasteiger charge is 2.29. The van der Waals surface area contributed by atoms with Crippen molar-refractivity contribution in [1.82, 2.24) is 4.31 Å². The number of sulfonamides is 1. The molecule has 0 aromatic heterocycles. The Labute approximate surface area is 198 Å². The quantitative estimate of drug-likeness (QED) is 0.416. The minimum absolute atomic E-state index is 0.0570. The van der Waals surface area contributed by atoms with Crippen LogP contribution in [0.25, 0.3) is 0 Å². The molecule has 33 heavy (non-hydrogen) atoms. The molecule has 0 unspecified atom stereocenters. The molecule has 1 N–H and O–H groups in total. The molecule has 7 heteroatoms. The Balaban J connectivity index is 1.63. The van der Waals surface area contributed by atoms with Gasteiger partial charge in [0.2, 0.25) is 10.0 Å². The first-order valence-corrected chi connectivity index (χ1v) is 13.5. The van der Waals surface area contributed by atoms with E-state index in [9.17, 15) is 13.2 Å². The van der Waals surface area contributed by atoms with Crippen LogP contribution in [0, 0.1) is 0 Å². The van der Waals surface area contributed by atoms with E-state index in [0.29, 0.717) is 23.6 Å².